The fourth-order valence-electron chi connectivity index (χ4n) is 4.93. The molecule has 6 heteroatoms. The number of aromatic nitrogens is 1. The van der Waals surface area contributed by atoms with Gasteiger partial charge in [0, 0.05) is 35.2 Å². The number of alkyl halides is 3. The van der Waals surface area contributed by atoms with Crippen LogP contribution in [0.4, 0.5) is 13.2 Å². The number of hydrogen-bond donors (Lipinski definition) is 0. The summed E-state index contributed by atoms with van der Waals surface area (Å²) in [5.74, 6) is -0.190. The second-order valence-electron chi connectivity index (χ2n) is 8.02. The maximum atomic E-state index is 13.2. The fraction of sp³-hybridized carbons (Fsp3) is 0.348. The van der Waals surface area contributed by atoms with Crippen molar-refractivity contribution in [2.75, 3.05) is 6.54 Å². The van der Waals surface area contributed by atoms with Gasteiger partial charge < -0.3 is 9.47 Å². The van der Waals surface area contributed by atoms with Gasteiger partial charge in [0.2, 0.25) is 0 Å². The Hall–Kier alpha value is -2.76. The number of carbonyl (C=O) groups excluding carboxylic acids is 1. The molecule has 0 unspecified atom stereocenters. The zero-order chi connectivity index (χ0) is 20.3. The van der Waals surface area contributed by atoms with Gasteiger partial charge in [0.15, 0.2) is 0 Å². The van der Waals surface area contributed by atoms with Crippen LogP contribution < -0.4 is 0 Å². The van der Waals surface area contributed by atoms with E-state index < -0.39 is 11.7 Å². The average molecular weight is 398 g/mol. The molecule has 1 aliphatic heterocycles. The van der Waals surface area contributed by atoms with Crippen LogP contribution in [0.2, 0.25) is 0 Å². The largest absolute Gasteiger partial charge is 0.416 e. The molecule has 0 N–H and O–H groups in total. The summed E-state index contributed by atoms with van der Waals surface area (Å²) in [6.07, 6.45) is -1.51. The van der Waals surface area contributed by atoms with E-state index in [4.69, 9.17) is 0 Å². The number of benzene rings is 2. The number of aryl methyl sites for hydroxylation is 2. The van der Waals surface area contributed by atoms with Crippen molar-refractivity contribution >= 4 is 16.8 Å². The summed E-state index contributed by atoms with van der Waals surface area (Å²) in [6, 6.07) is 11.0. The Morgan fingerprint density at radius 3 is 2.55 bits per heavy atom. The van der Waals surface area contributed by atoms with Crippen LogP contribution in [-0.4, -0.2) is 21.9 Å². The maximum Gasteiger partial charge on any atom is 0.416 e. The predicted molar refractivity (Wildman–Crippen MR) is 105 cm³/mol. The Labute approximate surface area is 166 Å². The number of nitrogens with zero attached hydrogens (tertiary/aromatic N) is 2. The van der Waals surface area contributed by atoms with E-state index >= 15 is 0 Å². The van der Waals surface area contributed by atoms with E-state index in [2.05, 4.69) is 29.7 Å². The third-order valence-corrected chi connectivity index (χ3v) is 6.25. The first-order chi connectivity index (χ1) is 13.8. The van der Waals surface area contributed by atoms with Crippen LogP contribution in [0.15, 0.2) is 42.5 Å². The highest BCUT2D eigenvalue weighted by atomic mass is 19.4. The van der Waals surface area contributed by atoms with E-state index in [0.717, 1.165) is 31.4 Å². The molecule has 0 spiro atoms. The molecule has 5 rings (SSSR count). The number of rotatable bonds is 1. The molecule has 0 saturated heterocycles. The van der Waals surface area contributed by atoms with Gasteiger partial charge in [0.25, 0.3) is 5.91 Å². The fourth-order valence-corrected chi connectivity index (χ4v) is 4.93. The van der Waals surface area contributed by atoms with Gasteiger partial charge in [0.1, 0.15) is 0 Å². The smallest absolute Gasteiger partial charge is 0.341 e. The van der Waals surface area contributed by atoms with E-state index in [0.29, 0.717) is 18.7 Å². The molecule has 3 nitrogen and oxygen atoms in total. The lowest BCUT2D eigenvalue weighted by Crippen LogP contribution is -2.43. The van der Waals surface area contributed by atoms with Gasteiger partial charge in [-0.15, -0.1) is 0 Å². The molecule has 1 aliphatic carbocycles. The van der Waals surface area contributed by atoms with Crippen molar-refractivity contribution in [2.45, 2.75) is 44.9 Å². The summed E-state index contributed by atoms with van der Waals surface area (Å²) in [7, 11) is 0. The first-order valence-corrected chi connectivity index (χ1v) is 9.94. The van der Waals surface area contributed by atoms with Gasteiger partial charge in [-0.2, -0.15) is 13.2 Å². The highest BCUT2D eigenvalue weighted by molar-refractivity contribution is 5.95. The molecule has 2 aliphatic rings. The van der Waals surface area contributed by atoms with Crippen LogP contribution >= 0.6 is 0 Å². The summed E-state index contributed by atoms with van der Waals surface area (Å²) in [5.41, 5.74) is 4.55. The summed E-state index contributed by atoms with van der Waals surface area (Å²) < 4.78 is 40.9. The molecule has 1 atom stereocenters. The molecule has 1 amide bonds. The van der Waals surface area contributed by atoms with Crippen LogP contribution in [0.1, 0.15) is 51.6 Å². The van der Waals surface area contributed by atoms with E-state index in [9.17, 15) is 18.0 Å². The van der Waals surface area contributed by atoms with Crippen LogP contribution in [0.3, 0.4) is 0 Å². The van der Waals surface area contributed by atoms with E-state index in [1.165, 1.54) is 39.9 Å². The monoisotopic (exact) mass is 398 g/mol. The summed E-state index contributed by atoms with van der Waals surface area (Å²) in [6.45, 7) is 3.36. The van der Waals surface area contributed by atoms with Crippen molar-refractivity contribution in [1.29, 1.82) is 0 Å². The van der Waals surface area contributed by atoms with Crippen molar-refractivity contribution in [3.8, 4) is 0 Å². The van der Waals surface area contributed by atoms with E-state index in [1.54, 1.807) is 0 Å². The van der Waals surface area contributed by atoms with Gasteiger partial charge in [-0.05, 0) is 68.1 Å². The quantitative estimate of drug-likeness (QED) is 0.531. The molecule has 0 fully saturated rings. The molecule has 1 aromatic heterocycles. The van der Waals surface area contributed by atoms with Crippen LogP contribution in [0, 0.1) is 6.92 Å². The van der Waals surface area contributed by atoms with Crippen molar-refractivity contribution in [1.82, 2.24) is 9.47 Å². The van der Waals surface area contributed by atoms with Gasteiger partial charge in [0.05, 0.1) is 11.6 Å². The summed E-state index contributed by atoms with van der Waals surface area (Å²) in [4.78, 5) is 15.0. The number of fused-ring (bicyclic) bond motifs is 3. The average Bonchev–Trinajstić information content (AvgIpc) is 3.02. The molecule has 3 aromatic rings. The topological polar surface area (TPSA) is 25.2 Å². The highest BCUT2D eigenvalue weighted by Crippen LogP contribution is 2.43. The van der Waals surface area contributed by atoms with Crippen molar-refractivity contribution in [3.63, 3.8) is 0 Å². The molecular weight excluding hydrogens is 377 g/mol. The maximum absolute atomic E-state index is 13.2. The first-order valence-electron chi connectivity index (χ1n) is 9.94. The lowest BCUT2D eigenvalue weighted by Gasteiger charge is -2.40. The van der Waals surface area contributed by atoms with Crippen LogP contribution in [0.25, 0.3) is 10.9 Å². The molecule has 0 bridgehead atoms. The molecule has 0 saturated carbocycles. The van der Waals surface area contributed by atoms with Crippen molar-refractivity contribution < 1.29 is 18.0 Å². The lowest BCUT2D eigenvalue weighted by atomic mass is 9.89. The Kier molecular flexibility index (Phi) is 4.02. The summed E-state index contributed by atoms with van der Waals surface area (Å²) >= 11 is 0. The normalized spacial score (nSPS) is 18.8. The number of carbonyl (C=O) groups is 1. The van der Waals surface area contributed by atoms with E-state index in [-0.39, 0.29) is 11.9 Å². The third-order valence-electron chi connectivity index (χ3n) is 6.25. The highest BCUT2D eigenvalue weighted by Gasteiger charge is 2.37. The molecular formula is C23H21F3N2O. The minimum absolute atomic E-state index is 0.0185. The van der Waals surface area contributed by atoms with Crippen molar-refractivity contribution in [3.05, 3.63) is 70.4 Å². The van der Waals surface area contributed by atoms with Crippen molar-refractivity contribution in [2.24, 2.45) is 0 Å². The lowest BCUT2D eigenvalue weighted by molar-refractivity contribution is -0.137. The number of halogens is 3. The van der Waals surface area contributed by atoms with E-state index in [1.807, 2.05) is 4.90 Å². The standard InChI is InChI=1S/C23H21F3N2O/c1-14-5-10-19-18(13-14)17-3-2-4-20-21(17)27(19)11-12-28(20)22(29)15-6-8-16(9-7-15)23(24,25)26/h5-10,13,20H,2-4,11-12H2,1H3/t20-/m1/s1. The second-order valence-corrected chi connectivity index (χ2v) is 8.02. The Bertz CT molecular complexity index is 1110. The van der Waals surface area contributed by atoms with Gasteiger partial charge in [-0.3, -0.25) is 4.79 Å². The van der Waals surface area contributed by atoms with Gasteiger partial charge in [-0.1, -0.05) is 11.6 Å². The Morgan fingerprint density at radius 2 is 1.83 bits per heavy atom. The molecule has 150 valence electrons. The third kappa shape index (κ3) is 2.84. The molecule has 2 aromatic carbocycles. The minimum Gasteiger partial charge on any atom is -0.341 e. The van der Waals surface area contributed by atoms with Crippen LogP contribution in [-0.2, 0) is 19.1 Å². The zero-order valence-electron chi connectivity index (χ0n) is 16.1. The minimum atomic E-state index is -4.40. The molecule has 0 radical (unpaired) electrons. The van der Waals surface area contributed by atoms with Crippen LogP contribution in [0.5, 0.6) is 0 Å². The number of hydrogen-bond acceptors (Lipinski definition) is 1. The zero-order valence-corrected chi connectivity index (χ0v) is 16.1. The number of amides is 1. The molecule has 2 heterocycles. The van der Waals surface area contributed by atoms with Gasteiger partial charge >= 0.3 is 6.18 Å². The Balaban J connectivity index is 1.53. The Morgan fingerprint density at radius 1 is 1.07 bits per heavy atom. The SMILES string of the molecule is Cc1ccc2c(c1)c1c3n2CCN(C(=O)c2ccc(C(F)(F)F)cc2)[C@@H]3CCC1. The second kappa shape index (κ2) is 6.37. The predicted octanol–water partition coefficient (Wildman–Crippen LogP) is 5.50. The summed E-state index contributed by atoms with van der Waals surface area (Å²) in [5, 5.41) is 1.27. The van der Waals surface area contributed by atoms with Gasteiger partial charge in [-0.25, -0.2) is 0 Å². The molecule has 29 heavy (non-hydrogen) atoms. The first kappa shape index (κ1) is 18.3.